The number of esters is 1. The molecule has 232 valence electrons. The Morgan fingerprint density at radius 2 is 1.93 bits per heavy atom. The van der Waals surface area contributed by atoms with Crippen LogP contribution in [0.5, 0.6) is 11.6 Å². The van der Waals surface area contributed by atoms with Gasteiger partial charge in [-0.25, -0.2) is 14.8 Å². The number of carbonyl (C=O) groups is 2. The van der Waals surface area contributed by atoms with E-state index < -0.39 is 11.6 Å². The van der Waals surface area contributed by atoms with Crippen molar-refractivity contribution in [2.75, 3.05) is 31.8 Å². The molecule has 11 nitrogen and oxygen atoms in total. The zero-order valence-electron chi connectivity index (χ0n) is 25.9. The Labute approximate surface area is 257 Å². The maximum atomic E-state index is 12.8. The van der Waals surface area contributed by atoms with Gasteiger partial charge in [-0.05, 0) is 82.0 Å². The van der Waals surface area contributed by atoms with Crippen LogP contribution >= 0.6 is 0 Å². The lowest BCUT2D eigenvalue weighted by Gasteiger charge is -2.31. The van der Waals surface area contributed by atoms with Crippen LogP contribution in [-0.4, -0.2) is 64.3 Å². The van der Waals surface area contributed by atoms with Crippen molar-refractivity contribution in [3.8, 4) is 11.6 Å². The number of ether oxygens (including phenoxy) is 4. The maximum Gasteiger partial charge on any atom is 0.416 e. The van der Waals surface area contributed by atoms with E-state index in [1.165, 1.54) is 0 Å². The molecule has 0 aliphatic carbocycles. The van der Waals surface area contributed by atoms with E-state index in [9.17, 15) is 9.59 Å². The molecule has 0 bridgehead atoms. The normalized spacial score (nSPS) is 13.7. The van der Waals surface area contributed by atoms with Crippen LogP contribution in [0.15, 0.2) is 54.9 Å². The van der Waals surface area contributed by atoms with E-state index in [4.69, 9.17) is 29.0 Å². The van der Waals surface area contributed by atoms with Gasteiger partial charge in [0.05, 0.1) is 38.3 Å². The largest absolute Gasteiger partial charge is 0.493 e. The number of nitrogens with zero attached hydrogens (tertiary/aromatic N) is 5. The lowest BCUT2D eigenvalue weighted by Crippen LogP contribution is -2.40. The molecule has 0 spiro atoms. The Bertz CT molecular complexity index is 1610. The highest BCUT2D eigenvalue weighted by Gasteiger charge is 2.28. The Morgan fingerprint density at radius 3 is 2.66 bits per heavy atom. The zero-order valence-corrected chi connectivity index (χ0v) is 25.9. The average Bonchev–Trinajstić information content (AvgIpc) is 3.42. The molecule has 0 radical (unpaired) electrons. The lowest BCUT2D eigenvalue weighted by molar-refractivity contribution is -0.143. The summed E-state index contributed by atoms with van der Waals surface area (Å²) in [5, 5.41) is 5.61. The number of hydrogen-bond donors (Lipinski definition) is 0. The van der Waals surface area contributed by atoms with E-state index in [2.05, 4.69) is 4.98 Å². The predicted octanol–water partition coefficient (Wildman–Crippen LogP) is 5.69. The molecule has 1 aromatic carbocycles. The number of fused-ring (bicyclic) bond motifs is 2. The summed E-state index contributed by atoms with van der Waals surface area (Å²) in [7, 11) is 1.56. The third-order valence-electron chi connectivity index (χ3n) is 7.17. The van der Waals surface area contributed by atoms with Crippen LogP contribution in [0.2, 0.25) is 0 Å². The summed E-state index contributed by atoms with van der Waals surface area (Å²) in [6, 6.07) is 13.0. The van der Waals surface area contributed by atoms with Crippen molar-refractivity contribution in [3.05, 3.63) is 71.7 Å². The topological polar surface area (TPSA) is 118 Å². The van der Waals surface area contributed by atoms with E-state index in [1.807, 2.05) is 63.4 Å². The first-order valence-electron chi connectivity index (χ1n) is 14.9. The number of aryl methyl sites for hydroxylation is 1. The van der Waals surface area contributed by atoms with Gasteiger partial charge in [-0.1, -0.05) is 6.07 Å². The summed E-state index contributed by atoms with van der Waals surface area (Å²) in [5.74, 6) is 1.53. The number of benzene rings is 1. The van der Waals surface area contributed by atoms with Gasteiger partial charge in [-0.2, -0.15) is 5.10 Å². The van der Waals surface area contributed by atoms with Crippen molar-refractivity contribution < 1.29 is 28.5 Å². The maximum absolute atomic E-state index is 12.8. The predicted molar refractivity (Wildman–Crippen MR) is 165 cm³/mol. The highest BCUT2D eigenvalue weighted by Crippen LogP contribution is 2.29. The second-order valence-corrected chi connectivity index (χ2v) is 11.6. The average molecular weight is 602 g/mol. The fraction of sp³-hybridized carbons (Fsp3) is 0.424. The number of carbonyl (C=O) groups excluding carboxylic acids is 2. The number of rotatable bonds is 10. The van der Waals surface area contributed by atoms with Crippen molar-refractivity contribution in [1.29, 1.82) is 0 Å². The minimum atomic E-state index is -0.577. The Kier molecular flexibility index (Phi) is 9.32. The first kappa shape index (κ1) is 30.8. The number of hydrogen-bond acceptors (Lipinski definition) is 9. The fourth-order valence-electron chi connectivity index (χ4n) is 5.11. The lowest BCUT2D eigenvalue weighted by atomic mass is 10.1. The van der Waals surface area contributed by atoms with Gasteiger partial charge in [-0.15, -0.1) is 0 Å². The number of methoxy groups -OCH3 is 1. The summed E-state index contributed by atoms with van der Waals surface area (Å²) < 4.78 is 23.9. The number of pyridine rings is 2. The van der Waals surface area contributed by atoms with E-state index in [0.717, 1.165) is 40.6 Å². The molecule has 1 unspecified atom stereocenters. The smallest absolute Gasteiger partial charge is 0.416 e. The number of anilines is 1. The van der Waals surface area contributed by atoms with Gasteiger partial charge in [0.2, 0.25) is 5.88 Å². The summed E-state index contributed by atoms with van der Waals surface area (Å²) >= 11 is 0. The molecular formula is C33H39N5O6. The van der Waals surface area contributed by atoms with Crippen LogP contribution < -0.4 is 14.4 Å². The van der Waals surface area contributed by atoms with Crippen LogP contribution in [0, 0.1) is 0 Å². The molecule has 1 amide bonds. The van der Waals surface area contributed by atoms with Gasteiger partial charge in [0.1, 0.15) is 17.2 Å². The molecule has 0 N–H and O–H groups in total. The van der Waals surface area contributed by atoms with Crippen LogP contribution in [0.25, 0.3) is 10.9 Å². The SMILES string of the molecule is CCOC(=O)CC(c1ccc(OC)nc1)n1cc2cc(OCCc3ccc4c(n3)N(C(=O)OC(C)(C)C)CCC4)ccc2n1. The Hall–Kier alpha value is -4.67. The first-order chi connectivity index (χ1) is 21.1. The van der Waals surface area contributed by atoms with Gasteiger partial charge in [0.25, 0.3) is 0 Å². The van der Waals surface area contributed by atoms with E-state index in [0.29, 0.717) is 43.6 Å². The third-order valence-corrected chi connectivity index (χ3v) is 7.17. The molecular weight excluding hydrogens is 562 g/mol. The van der Waals surface area contributed by atoms with Crippen LogP contribution in [0.3, 0.4) is 0 Å². The summed E-state index contributed by atoms with van der Waals surface area (Å²) in [6.07, 6.45) is 5.63. The van der Waals surface area contributed by atoms with Gasteiger partial charge in [0, 0.05) is 42.5 Å². The highest BCUT2D eigenvalue weighted by atomic mass is 16.6. The molecule has 1 atom stereocenters. The molecule has 1 aliphatic rings. The minimum Gasteiger partial charge on any atom is -0.493 e. The van der Waals surface area contributed by atoms with E-state index >= 15 is 0 Å². The standard InChI is InChI=1S/C33H39N5O6/c1-6-42-30(39)19-28(23-10-14-29(41-5)34-20-23)38-21-24-18-26(12-13-27(24)36-38)43-17-15-25-11-9-22-8-7-16-37(31(22)35-25)32(40)44-33(2,3)4/h9-14,18,20-21,28H,6-8,15-17,19H2,1-5H3. The van der Waals surface area contributed by atoms with Crippen molar-refractivity contribution in [2.24, 2.45) is 0 Å². The second kappa shape index (κ2) is 13.3. The molecule has 4 aromatic rings. The Morgan fingerprint density at radius 1 is 1.09 bits per heavy atom. The van der Waals surface area contributed by atoms with Crippen LogP contribution in [-0.2, 0) is 27.1 Å². The van der Waals surface area contributed by atoms with E-state index in [1.54, 1.807) is 35.9 Å². The molecule has 44 heavy (non-hydrogen) atoms. The van der Waals surface area contributed by atoms with Crippen molar-refractivity contribution >= 4 is 28.8 Å². The van der Waals surface area contributed by atoms with Gasteiger partial charge < -0.3 is 18.9 Å². The first-order valence-corrected chi connectivity index (χ1v) is 14.9. The fourth-order valence-corrected chi connectivity index (χ4v) is 5.11. The molecule has 0 fully saturated rings. The zero-order chi connectivity index (χ0) is 31.3. The number of aromatic nitrogens is 4. The minimum absolute atomic E-state index is 0.109. The summed E-state index contributed by atoms with van der Waals surface area (Å²) in [5.41, 5.74) is 2.88. The van der Waals surface area contributed by atoms with Crippen molar-refractivity contribution in [1.82, 2.24) is 19.7 Å². The van der Waals surface area contributed by atoms with Gasteiger partial charge >= 0.3 is 12.1 Å². The highest BCUT2D eigenvalue weighted by molar-refractivity contribution is 5.88. The quantitative estimate of drug-likeness (QED) is 0.211. The number of amides is 1. The molecule has 0 saturated carbocycles. The molecule has 11 heteroatoms. The third kappa shape index (κ3) is 7.45. The van der Waals surface area contributed by atoms with Gasteiger partial charge in [-0.3, -0.25) is 14.4 Å². The Balaban J connectivity index is 1.28. The van der Waals surface area contributed by atoms with E-state index in [-0.39, 0.29) is 18.5 Å². The summed E-state index contributed by atoms with van der Waals surface area (Å²) in [6.45, 7) is 8.65. The van der Waals surface area contributed by atoms with Crippen LogP contribution in [0.1, 0.15) is 63.4 Å². The van der Waals surface area contributed by atoms with Crippen molar-refractivity contribution in [3.63, 3.8) is 0 Å². The molecule has 5 rings (SSSR count). The van der Waals surface area contributed by atoms with Gasteiger partial charge in [0.15, 0.2) is 0 Å². The molecule has 3 aromatic heterocycles. The molecule has 0 saturated heterocycles. The second-order valence-electron chi connectivity index (χ2n) is 11.6. The monoisotopic (exact) mass is 601 g/mol. The molecule has 1 aliphatic heterocycles. The van der Waals surface area contributed by atoms with Crippen LogP contribution in [0.4, 0.5) is 10.6 Å². The summed E-state index contributed by atoms with van der Waals surface area (Å²) in [4.78, 5) is 36.0. The van der Waals surface area contributed by atoms with Crippen molar-refractivity contribution in [2.45, 2.75) is 65.0 Å². The molecule has 4 heterocycles.